The Balaban J connectivity index is 1.43. The first kappa shape index (κ1) is 23.3. The van der Waals surface area contributed by atoms with Gasteiger partial charge in [-0.15, -0.1) is 0 Å². The van der Waals surface area contributed by atoms with E-state index in [1.165, 1.54) is 11.0 Å². The van der Waals surface area contributed by atoms with Gasteiger partial charge in [-0.25, -0.2) is 9.18 Å². The van der Waals surface area contributed by atoms with Gasteiger partial charge in [0.2, 0.25) is 0 Å². The van der Waals surface area contributed by atoms with Crippen molar-refractivity contribution >= 4 is 40.6 Å². The van der Waals surface area contributed by atoms with Gasteiger partial charge < -0.3 is 9.47 Å². The number of carbonyl (C=O) groups is 2. The van der Waals surface area contributed by atoms with Gasteiger partial charge in [-0.2, -0.15) is 0 Å². The molecule has 0 radical (unpaired) electrons. The zero-order chi connectivity index (χ0) is 24.1. The molecule has 172 valence electrons. The van der Waals surface area contributed by atoms with E-state index >= 15 is 0 Å². The number of carbonyl (C=O) groups excluding carboxylic acids is 2. The van der Waals surface area contributed by atoms with Crippen molar-refractivity contribution in [1.82, 2.24) is 0 Å². The summed E-state index contributed by atoms with van der Waals surface area (Å²) in [6.07, 6.45) is 1.70. The largest absolute Gasteiger partial charge is 0.489 e. The molecule has 4 rings (SSSR count). The summed E-state index contributed by atoms with van der Waals surface area (Å²) in [5.41, 5.74) is 2.11. The van der Waals surface area contributed by atoms with Crippen LogP contribution in [0.4, 0.5) is 10.1 Å². The number of esters is 1. The molecule has 0 unspecified atom stereocenters. The fourth-order valence-corrected chi connectivity index (χ4v) is 4.13. The topological polar surface area (TPSA) is 79.7 Å². The molecule has 8 heteroatoms. The predicted octanol–water partition coefficient (Wildman–Crippen LogP) is 5.64. The lowest BCUT2D eigenvalue weighted by molar-refractivity contribution is -0.113. The number of hydrogen-bond acceptors (Lipinski definition) is 6. The van der Waals surface area contributed by atoms with Crippen molar-refractivity contribution in [2.24, 2.45) is 0 Å². The third-order valence-corrected chi connectivity index (χ3v) is 5.88. The summed E-state index contributed by atoms with van der Waals surface area (Å²) in [6.45, 7) is 2.12. The van der Waals surface area contributed by atoms with Crippen LogP contribution in [-0.2, 0) is 16.1 Å². The molecule has 1 heterocycles. The Hall–Kier alpha value is -3.91. The van der Waals surface area contributed by atoms with Crippen LogP contribution >= 0.6 is 11.8 Å². The van der Waals surface area contributed by atoms with Crippen LogP contribution in [0.15, 0.2) is 77.7 Å². The standard InChI is InChI=1S/C26H21FN2O4S/c1-2-32-25(31)18-9-11-20(12-10-18)29-24(30)23(34-26(29)28)15-17-7-13-21(14-8-17)33-16-19-5-3-4-6-22(19)27/h3-15,28H,2,16H2,1H3. The molecular weight excluding hydrogens is 455 g/mol. The second-order valence-electron chi connectivity index (χ2n) is 7.27. The molecule has 0 aliphatic carbocycles. The molecule has 0 saturated carbocycles. The molecule has 1 amide bonds. The van der Waals surface area contributed by atoms with Crippen molar-refractivity contribution < 1.29 is 23.5 Å². The molecule has 1 aliphatic rings. The lowest BCUT2D eigenvalue weighted by atomic mass is 10.2. The number of benzene rings is 3. The van der Waals surface area contributed by atoms with Crippen LogP contribution in [0.5, 0.6) is 5.75 Å². The van der Waals surface area contributed by atoms with E-state index in [9.17, 15) is 14.0 Å². The van der Waals surface area contributed by atoms with E-state index in [0.29, 0.717) is 27.5 Å². The van der Waals surface area contributed by atoms with E-state index in [1.807, 2.05) is 0 Å². The molecule has 1 N–H and O–H groups in total. The first-order chi connectivity index (χ1) is 16.5. The first-order valence-electron chi connectivity index (χ1n) is 10.5. The van der Waals surface area contributed by atoms with Crippen LogP contribution in [0.3, 0.4) is 0 Å². The zero-order valence-electron chi connectivity index (χ0n) is 18.3. The first-order valence-corrected chi connectivity index (χ1v) is 11.3. The molecule has 3 aromatic carbocycles. The van der Waals surface area contributed by atoms with Crippen molar-refractivity contribution in [1.29, 1.82) is 5.41 Å². The summed E-state index contributed by atoms with van der Waals surface area (Å²) in [6, 6.07) is 19.9. The summed E-state index contributed by atoms with van der Waals surface area (Å²) < 4.78 is 24.3. The molecule has 3 aromatic rings. The molecule has 1 aliphatic heterocycles. The van der Waals surface area contributed by atoms with E-state index in [4.69, 9.17) is 14.9 Å². The average Bonchev–Trinajstić information content (AvgIpc) is 3.12. The minimum absolute atomic E-state index is 0.0741. The maximum atomic E-state index is 13.7. The maximum Gasteiger partial charge on any atom is 0.338 e. The number of halogens is 1. The lowest BCUT2D eigenvalue weighted by Gasteiger charge is -2.14. The van der Waals surface area contributed by atoms with Gasteiger partial charge in [0.05, 0.1) is 22.8 Å². The van der Waals surface area contributed by atoms with E-state index < -0.39 is 5.97 Å². The van der Waals surface area contributed by atoms with E-state index in [2.05, 4.69) is 0 Å². The number of nitrogens with zero attached hydrogens (tertiary/aromatic N) is 1. The lowest BCUT2D eigenvalue weighted by Crippen LogP contribution is -2.28. The molecule has 6 nitrogen and oxygen atoms in total. The van der Waals surface area contributed by atoms with E-state index in [0.717, 1.165) is 17.3 Å². The highest BCUT2D eigenvalue weighted by Gasteiger charge is 2.33. The SMILES string of the molecule is CCOC(=O)c1ccc(N2C(=N)SC(=Cc3ccc(OCc4ccccc4F)cc3)C2=O)cc1. The van der Waals surface area contributed by atoms with Gasteiger partial charge in [0, 0.05) is 5.56 Å². The van der Waals surface area contributed by atoms with Crippen LogP contribution in [0, 0.1) is 11.2 Å². The molecule has 0 spiro atoms. The highest BCUT2D eigenvalue weighted by atomic mass is 32.2. The average molecular weight is 477 g/mol. The highest BCUT2D eigenvalue weighted by molar-refractivity contribution is 8.19. The van der Waals surface area contributed by atoms with Crippen LogP contribution in [0.1, 0.15) is 28.4 Å². The number of nitrogens with one attached hydrogen (secondary N) is 1. The van der Waals surface area contributed by atoms with Gasteiger partial charge in [-0.3, -0.25) is 15.1 Å². The maximum absolute atomic E-state index is 13.7. The summed E-state index contributed by atoms with van der Waals surface area (Å²) in [7, 11) is 0. The minimum atomic E-state index is -0.437. The van der Waals surface area contributed by atoms with E-state index in [-0.39, 0.29) is 30.1 Å². The monoisotopic (exact) mass is 476 g/mol. The Bertz CT molecular complexity index is 1260. The van der Waals surface area contributed by atoms with Gasteiger partial charge in [-0.05, 0) is 72.8 Å². The molecule has 1 fully saturated rings. The fourth-order valence-electron chi connectivity index (χ4n) is 3.27. The number of rotatable bonds is 7. The van der Waals surface area contributed by atoms with Crippen LogP contribution in [0.25, 0.3) is 6.08 Å². The normalized spacial score (nSPS) is 14.5. The third kappa shape index (κ3) is 5.18. The van der Waals surface area contributed by atoms with Gasteiger partial charge in [0.1, 0.15) is 18.2 Å². The molecule has 0 atom stereocenters. The minimum Gasteiger partial charge on any atom is -0.489 e. The Morgan fingerprint density at radius 2 is 1.76 bits per heavy atom. The number of thioether (sulfide) groups is 1. The van der Waals surface area contributed by atoms with Gasteiger partial charge >= 0.3 is 5.97 Å². The molecular formula is C26H21FN2O4S. The zero-order valence-corrected chi connectivity index (χ0v) is 19.1. The summed E-state index contributed by atoms with van der Waals surface area (Å²) >= 11 is 1.06. The van der Waals surface area contributed by atoms with Crippen LogP contribution < -0.4 is 9.64 Å². The summed E-state index contributed by atoms with van der Waals surface area (Å²) in [5.74, 6) is -0.498. The van der Waals surface area contributed by atoms with Gasteiger partial charge in [0.15, 0.2) is 5.17 Å². The third-order valence-electron chi connectivity index (χ3n) is 4.99. The Labute approximate surface area is 200 Å². The quantitative estimate of drug-likeness (QED) is 0.353. The van der Waals surface area contributed by atoms with Crippen molar-refractivity contribution in [3.05, 3.63) is 100 Å². The fraction of sp³-hybridized carbons (Fsp3) is 0.115. The van der Waals surface area contributed by atoms with Crippen LogP contribution in [-0.4, -0.2) is 23.7 Å². The second kappa shape index (κ2) is 10.4. The summed E-state index contributed by atoms with van der Waals surface area (Å²) in [4.78, 5) is 26.5. The number of anilines is 1. The Morgan fingerprint density at radius 3 is 2.44 bits per heavy atom. The second-order valence-corrected chi connectivity index (χ2v) is 8.30. The molecule has 34 heavy (non-hydrogen) atoms. The molecule has 1 saturated heterocycles. The van der Waals surface area contributed by atoms with Crippen molar-refractivity contribution in [3.8, 4) is 5.75 Å². The number of amides is 1. The smallest absolute Gasteiger partial charge is 0.338 e. The number of amidine groups is 1. The predicted molar refractivity (Wildman–Crippen MR) is 130 cm³/mol. The van der Waals surface area contributed by atoms with Crippen molar-refractivity contribution in [2.75, 3.05) is 11.5 Å². The van der Waals surface area contributed by atoms with Crippen molar-refractivity contribution in [3.63, 3.8) is 0 Å². The van der Waals surface area contributed by atoms with E-state index in [1.54, 1.807) is 79.7 Å². The van der Waals surface area contributed by atoms with Gasteiger partial charge in [0.25, 0.3) is 5.91 Å². The Kier molecular flexibility index (Phi) is 7.08. The number of ether oxygens (including phenoxy) is 2. The number of hydrogen-bond donors (Lipinski definition) is 1. The van der Waals surface area contributed by atoms with Crippen molar-refractivity contribution in [2.45, 2.75) is 13.5 Å². The van der Waals surface area contributed by atoms with Crippen LogP contribution in [0.2, 0.25) is 0 Å². The van der Waals surface area contributed by atoms with Gasteiger partial charge in [-0.1, -0.05) is 30.3 Å². The summed E-state index contributed by atoms with van der Waals surface area (Å²) in [5, 5.41) is 8.32. The molecule has 0 bridgehead atoms. The Morgan fingerprint density at radius 1 is 1.06 bits per heavy atom. The highest BCUT2D eigenvalue weighted by Crippen LogP contribution is 2.35. The molecule has 0 aromatic heterocycles.